The number of amides is 1. The van der Waals surface area contributed by atoms with Crippen molar-refractivity contribution < 1.29 is 21.6 Å². The van der Waals surface area contributed by atoms with Crippen LogP contribution >= 0.6 is 11.3 Å². The number of carbonyl (C=O) groups excluding carboxylic acids is 1. The summed E-state index contributed by atoms with van der Waals surface area (Å²) < 4.78 is 47.5. The molecule has 1 aromatic heterocycles. The Morgan fingerprint density at radius 2 is 1.62 bits per heavy atom. The lowest BCUT2D eigenvalue weighted by Gasteiger charge is -2.27. The van der Waals surface area contributed by atoms with Crippen LogP contribution in [0.2, 0.25) is 0 Å². The molecule has 8 nitrogen and oxygen atoms in total. The summed E-state index contributed by atoms with van der Waals surface area (Å²) in [6.45, 7) is 7.25. The van der Waals surface area contributed by atoms with Gasteiger partial charge in [-0.3, -0.25) is 9.69 Å². The molecule has 0 saturated heterocycles. The molecule has 11 heteroatoms. The molecule has 0 fully saturated rings. The zero-order valence-corrected chi connectivity index (χ0v) is 23.7. The van der Waals surface area contributed by atoms with Crippen molar-refractivity contribution in [3.05, 3.63) is 70.2 Å². The van der Waals surface area contributed by atoms with E-state index in [-0.39, 0.29) is 29.0 Å². The molecule has 4 rings (SSSR count). The summed E-state index contributed by atoms with van der Waals surface area (Å²) in [6, 6.07) is 13.5. The van der Waals surface area contributed by atoms with Gasteiger partial charge in [-0.25, -0.2) is 21.8 Å². The first-order valence-corrected chi connectivity index (χ1v) is 16.4. The van der Waals surface area contributed by atoms with Crippen LogP contribution in [-0.2, 0) is 44.0 Å². The van der Waals surface area contributed by atoms with Crippen molar-refractivity contribution in [2.24, 2.45) is 5.92 Å². The quantitative estimate of drug-likeness (QED) is 0.416. The van der Waals surface area contributed by atoms with E-state index in [0.29, 0.717) is 29.0 Å². The van der Waals surface area contributed by atoms with Crippen molar-refractivity contribution in [3.8, 4) is 0 Å². The van der Waals surface area contributed by atoms with Crippen LogP contribution in [0, 0.1) is 5.92 Å². The standard InChI is InChI=1S/C26H31N3O5S3/c1-5-37(33,34)21-12-6-18(7-13-21)14-23(30)27-26-28-24-22(35-26)16-29(25(24)17(2)3)15-19-8-10-20(11-9-19)36(4,31)32/h6-13,17,25H,5,14-16H2,1-4H3,(H,27,28,30)/t25-/m1/s1. The Balaban J connectivity index is 1.42. The van der Waals surface area contributed by atoms with E-state index in [1.54, 1.807) is 31.2 Å². The van der Waals surface area contributed by atoms with Crippen LogP contribution in [0.15, 0.2) is 58.3 Å². The Morgan fingerprint density at radius 3 is 2.19 bits per heavy atom. The van der Waals surface area contributed by atoms with Gasteiger partial charge in [0.15, 0.2) is 24.8 Å². The molecule has 1 amide bonds. The van der Waals surface area contributed by atoms with Gasteiger partial charge in [0.1, 0.15) is 0 Å². The number of thiazole rings is 1. The van der Waals surface area contributed by atoms with Crippen molar-refractivity contribution in [2.75, 3.05) is 17.3 Å². The topological polar surface area (TPSA) is 114 Å². The number of hydrogen-bond donors (Lipinski definition) is 1. The number of sulfone groups is 2. The monoisotopic (exact) mass is 561 g/mol. The molecule has 0 saturated carbocycles. The lowest BCUT2D eigenvalue weighted by Crippen LogP contribution is -2.26. The van der Waals surface area contributed by atoms with Crippen LogP contribution in [0.4, 0.5) is 5.13 Å². The molecule has 198 valence electrons. The molecular formula is C26H31N3O5S3. The fourth-order valence-electron chi connectivity index (χ4n) is 4.52. The minimum absolute atomic E-state index is 0.0335. The molecule has 0 aliphatic carbocycles. The minimum Gasteiger partial charge on any atom is -0.302 e. The Bertz CT molecular complexity index is 1490. The number of benzene rings is 2. The van der Waals surface area contributed by atoms with Gasteiger partial charge in [-0.15, -0.1) is 11.3 Å². The van der Waals surface area contributed by atoms with Crippen molar-refractivity contribution in [3.63, 3.8) is 0 Å². The Hall–Kier alpha value is -2.60. The highest BCUT2D eigenvalue weighted by Gasteiger charge is 2.36. The number of fused-ring (bicyclic) bond motifs is 1. The molecule has 0 spiro atoms. The third-order valence-corrected chi connectivity index (χ3v) is 10.2. The van der Waals surface area contributed by atoms with E-state index in [1.165, 1.54) is 29.7 Å². The van der Waals surface area contributed by atoms with Gasteiger partial charge in [0.25, 0.3) is 0 Å². The molecule has 1 N–H and O–H groups in total. The average molecular weight is 562 g/mol. The van der Waals surface area contributed by atoms with Gasteiger partial charge >= 0.3 is 0 Å². The molecule has 1 aliphatic heterocycles. The molecule has 1 aliphatic rings. The van der Waals surface area contributed by atoms with E-state index in [0.717, 1.165) is 21.7 Å². The summed E-state index contributed by atoms with van der Waals surface area (Å²) in [5.74, 6) is 0.119. The number of nitrogens with one attached hydrogen (secondary N) is 1. The number of aromatic nitrogens is 1. The van der Waals surface area contributed by atoms with E-state index in [9.17, 15) is 21.6 Å². The van der Waals surface area contributed by atoms with Crippen LogP contribution in [0.5, 0.6) is 0 Å². The average Bonchev–Trinajstić information content (AvgIpc) is 3.35. The third-order valence-electron chi connectivity index (χ3n) is 6.39. The predicted molar refractivity (Wildman–Crippen MR) is 145 cm³/mol. The normalized spacial score (nSPS) is 16.2. The Morgan fingerprint density at radius 1 is 1.03 bits per heavy atom. The largest absolute Gasteiger partial charge is 0.302 e. The highest BCUT2D eigenvalue weighted by molar-refractivity contribution is 7.91. The maximum atomic E-state index is 12.6. The van der Waals surface area contributed by atoms with E-state index in [1.807, 2.05) is 12.1 Å². The summed E-state index contributed by atoms with van der Waals surface area (Å²) in [5.41, 5.74) is 2.72. The van der Waals surface area contributed by atoms with Gasteiger partial charge in [0, 0.05) is 24.2 Å². The predicted octanol–water partition coefficient (Wildman–Crippen LogP) is 4.23. The summed E-state index contributed by atoms with van der Waals surface area (Å²) in [6.07, 6.45) is 1.33. The van der Waals surface area contributed by atoms with Gasteiger partial charge in [0.2, 0.25) is 5.91 Å². The number of hydrogen-bond acceptors (Lipinski definition) is 8. The summed E-state index contributed by atoms with van der Waals surface area (Å²) in [4.78, 5) is 21.4. The second-order valence-corrected chi connectivity index (χ2v) is 15.0. The van der Waals surface area contributed by atoms with Crippen molar-refractivity contribution in [2.45, 2.75) is 56.1 Å². The molecule has 0 radical (unpaired) electrons. The second kappa shape index (κ2) is 10.6. The SMILES string of the molecule is CCS(=O)(=O)c1ccc(CC(=O)Nc2nc3c(s2)CN(Cc2ccc(S(C)(=O)=O)cc2)[C@@H]3C(C)C)cc1. The third kappa shape index (κ3) is 6.28. The summed E-state index contributed by atoms with van der Waals surface area (Å²) >= 11 is 1.47. The molecule has 37 heavy (non-hydrogen) atoms. The fourth-order valence-corrected chi connectivity index (χ4v) is 7.07. The molecule has 2 heterocycles. The Kier molecular flexibility index (Phi) is 7.89. The lowest BCUT2D eigenvalue weighted by atomic mass is 10.0. The van der Waals surface area contributed by atoms with Crippen LogP contribution in [0.1, 0.15) is 48.5 Å². The maximum Gasteiger partial charge on any atom is 0.230 e. The first-order valence-electron chi connectivity index (χ1n) is 12.0. The second-order valence-electron chi connectivity index (χ2n) is 9.61. The molecule has 1 atom stereocenters. The van der Waals surface area contributed by atoms with E-state index in [2.05, 4.69) is 24.1 Å². The smallest absolute Gasteiger partial charge is 0.230 e. The maximum absolute atomic E-state index is 12.6. The lowest BCUT2D eigenvalue weighted by molar-refractivity contribution is -0.115. The zero-order chi connectivity index (χ0) is 27.0. The molecule has 0 unspecified atom stereocenters. The molecular weight excluding hydrogens is 531 g/mol. The van der Waals surface area contributed by atoms with Gasteiger partial charge < -0.3 is 5.32 Å². The fraction of sp³-hybridized carbons (Fsp3) is 0.385. The number of nitrogens with zero attached hydrogens (tertiary/aromatic N) is 2. The van der Waals surface area contributed by atoms with Crippen LogP contribution in [0.3, 0.4) is 0 Å². The van der Waals surface area contributed by atoms with Crippen molar-refractivity contribution in [1.29, 1.82) is 0 Å². The van der Waals surface area contributed by atoms with E-state index >= 15 is 0 Å². The van der Waals surface area contributed by atoms with Crippen LogP contribution in [-0.4, -0.2) is 44.6 Å². The number of rotatable bonds is 9. The number of carbonyl (C=O) groups is 1. The minimum atomic E-state index is -3.27. The first-order chi connectivity index (χ1) is 17.4. The number of anilines is 1. The van der Waals surface area contributed by atoms with Crippen molar-refractivity contribution >= 4 is 42.1 Å². The van der Waals surface area contributed by atoms with E-state index < -0.39 is 19.7 Å². The summed E-state index contributed by atoms with van der Waals surface area (Å²) in [5, 5.41) is 3.45. The highest BCUT2D eigenvalue weighted by atomic mass is 32.2. The van der Waals surface area contributed by atoms with E-state index in [4.69, 9.17) is 4.98 Å². The van der Waals surface area contributed by atoms with Crippen molar-refractivity contribution in [1.82, 2.24) is 9.88 Å². The first kappa shape index (κ1) is 27.4. The van der Waals surface area contributed by atoms with Crippen LogP contribution in [0.25, 0.3) is 0 Å². The Labute approximate surface area is 222 Å². The molecule has 2 aromatic carbocycles. The van der Waals surface area contributed by atoms with Gasteiger partial charge in [-0.05, 0) is 41.3 Å². The van der Waals surface area contributed by atoms with Gasteiger partial charge in [-0.2, -0.15) is 0 Å². The molecule has 0 bridgehead atoms. The van der Waals surface area contributed by atoms with Crippen LogP contribution < -0.4 is 5.32 Å². The zero-order valence-electron chi connectivity index (χ0n) is 21.3. The summed E-state index contributed by atoms with van der Waals surface area (Å²) in [7, 11) is -6.50. The van der Waals surface area contributed by atoms with Gasteiger partial charge in [0.05, 0.1) is 33.7 Å². The van der Waals surface area contributed by atoms with Gasteiger partial charge in [-0.1, -0.05) is 45.0 Å². The highest BCUT2D eigenvalue weighted by Crippen LogP contribution is 2.43. The molecule has 3 aromatic rings.